The van der Waals surface area contributed by atoms with E-state index in [1.807, 2.05) is 78.5 Å². The number of amides is 1. The number of hydrogen-bond donors (Lipinski definition) is 0. The standard InChI is InChI=1S/C26H27N3O2S2/c1-3-5-9-15-28-25(30)23(33-26(28)32)17-20-18-29(21-12-7-6-8-13-21)27-24(20)19-11-10-14-22(16-19)31-4-2/h6-8,10-14,16-18H,3-5,9,15H2,1-2H3. The number of benzene rings is 2. The Kier molecular flexibility index (Phi) is 7.62. The molecule has 2 heterocycles. The van der Waals surface area contributed by atoms with Gasteiger partial charge in [-0.3, -0.25) is 9.69 Å². The molecule has 170 valence electrons. The van der Waals surface area contributed by atoms with E-state index >= 15 is 0 Å². The van der Waals surface area contributed by atoms with Crippen LogP contribution in [0.2, 0.25) is 0 Å². The third kappa shape index (κ3) is 5.37. The maximum absolute atomic E-state index is 13.1. The molecule has 2 aromatic carbocycles. The van der Waals surface area contributed by atoms with Crippen molar-refractivity contribution in [1.29, 1.82) is 0 Å². The van der Waals surface area contributed by atoms with E-state index in [0.717, 1.165) is 47.5 Å². The van der Waals surface area contributed by atoms with Crippen LogP contribution in [0.25, 0.3) is 23.0 Å². The Morgan fingerprint density at radius 1 is 1.09 bits per heavy atom. The normalized spacial score (nSPS) is 15.0. The molecule has 0 unspecified atom stereocenters. The van der Waals surface area contributed by atoms with Gasteiger partial charge < -0.3 is 4.74 Å². The topological polar surface area (TPSA) is 47.4 Å². The number of ether oxygens (including phenoxy) is 1. The fourth-order valence-electron chi connectivity index (χ4n) is 3.68. The van der Waals surface area contributed by atoms with Crippen molar-refractivity contribution in [3.8, 4) is 22.7 Å². The summed E-state index contributed by atoms with van der Waals surface area (Å²) in [7, 11) is 0. The number of thioether (sulfide) groups is 1. The molecule has 1 aliphatic rings. The molecule has 0 N–H and O–H groups in total. The van der Waals surface area contributed by atoms with Gasteiger partial charge in [0.2, 0.25) is 0 Å². The average Bonchev–Trinajstić information content (AvgIpc) is 3.36. The van der Waals surface area contributed by atoms with Gasteiger partial charge in [-0.05, 0) is 43.7 Å². The maximum atomic E-state index is 13.1. The SMILES string of the molecule is CCCCCN1C(=O)C(=Cc2cn(-c3ccccc3)nc2-c2cccc(OCC)c2)SC1=S. The molecular formula is C26H27N3O2S2. The summed E-state index contributed by atoms with van der Waals surface area (Å²) in [6.07, 6.45) is 7.02. The number of nitrogens with zero attached hydrogens (tertiary/aromatic N) is 3. The first kappa shape index (κ1) is 23.3. The van der Waals surface area contributed by atoms with E-state index in [2.05, 4.69) is 6.92 Å². The molecule has 1 aromatic heterocycles. The second-order valence-electron chi connectivity index (χ2n) is 7.71. The van der Waals surface area contributed by atoms with Crippen LogP contribution in [0.5, 0.6) is 5.75 Å². The molecule has 0 bridgehead atoms. The first-order chi connectivity index (χ1) is 16.1. The summed E-state index contributed by atoms with van der Waals surface area (Å²) in [5, 5.41) is 4.87. The van der Waals surface area contributed by atoms with Crippen molar-refractivity contribution in [2.75, 3.05) is 13.2 Å². The highest BCUT2D eigenvalue weighted by Crippen LogP contribution is 2.35. The van der Waals surface area contributed by atoms with Crippen molar-refractivity contribution in [3.05, 3.63) is 71.3 Å². The molecule has 7 heteroatoms. The van der Waals surface area contributed by atoms with E-state index in [4.69, 9.17) is 22.1 Å². The molecule has 0 spiro atoms. The smallest absolute Gasteiger partial charge is 0.266 e. The van der Waals surface area contributed by atoms with Gasteiger partial charge in [-0.1, -0.05) is 74.1 Å². The summed E-state index contributed by atoms with van der Waals surface area (Å²) in [6.45, 7) is 5.37. The van der Waals surface area contributed by atoms with E-state index in [1.165, 1.54) is 11.8 Å². The van der Waals surface area contributed by atoms with Crippen molar-refractivity contribution < 1.29 is 9.53 Å². The predicted octanol–water partition coefficient (Wildman–Crippen LogP) is 6.33. The molecule has 1 saturated heterocycles. The molecule has 0 aliphatic carbocycles. The monoisotopic (exact) mass is 477 g/mol. The molecule has 0 saturated carbocycles. The number of para-hydroxylation sites is 1. The van der Waals surface area contributed by atoms with Crippen molar-refractivity contribution in [3.63, 3.8) is 0 Å². The van der Waals surface area contributed by atoms with E-state index in [9.17, 15) is 4.79 Å². The van der Waals surface area contributed by atoms with Crippen LogP contribution in [0.4, 0.5) is 0 Å². The molecule has 1 amide bonds. The molecular weight excluding hydrogens is 450 g/mol. The van der Waals surface area contributed by atoms with Crippen LogP contribution < -0.4 is 4.74 Å². The zero-order chi connectivity index (χ0) is 23.2. The van der Waals surface area contributed by atoms with Gasteiger partial charge in [0, 0.05) is 23.9 Å². The number of carbonyl (C=O) groups excluding carboxylic acids is 1. The Balaban J connectivity index is 1.73. The maximum Gasteiger partial charge on any atom is 0.266 e. The zero-order valence-corrected chi connectivity index (χ0v) is 20.5. The van der Waals surface area contributed by atoms with Gasteiger partial charge in [-0.25, -0.2) is 4.68 Å². The largest absolute Gasteiger partial charge is 0.494 e. The van der Waals surface area contributed by atoms with Crippen LogP contribution in [0.3, 0.4) is 0 Å². The fourth-order valence-corrected chi connectivity index (χ4v) is 4.98. The summed E-state index contributed by atoms with van der Waals surface area (Å²) in [6, 6.07) is 17.8. The van der Waals surface area contributed by atoms with Crippen molar-refractivity contribution in [1.82, 2.24) is 14.7 Å². The van der Waals surface area contributed by atoms with Gasteiger partial charge in [0.15, 0.2) is 0 Å². The van der Waals surface area contributed by atoms with Crippen molar-refractivity contribution >= 4 is 40.3 Å². The quantitative estimate of drug-likeness (QED) is 0.205. The van der Waals surface area contributed by atoms with Gasteiger partial charge in [0.05, 0.1) is 17.2 Å². The molecule has 33 heavy (non-hydrogen) atoms. The third-order valence-corrected chi connectivity index (χ3v) is 6.70. The van der Waals surface area contributed by atoms with E-state index in [0.29, 0.717) is 22.4 Å². The minimum absolute atomic E-state index is 0.0254. The van der Waals surface area contributed by atoms with E-state index in [1.54, 1.807) is 4.90 Å². The van der Waals surface area contributed by atoms with Crippen molar-refractivity contribution in [2.45, 2.75) is 33.1 Å². The number of thiocarbonyl (C=S) groups is 1. The highest BCUT2D eigenvalue weighted by Gasteiger charge is 2.32. The van der Waals surface area contributed by atoms with Crippen LogP contribution in [-0.4, -0.2) is 38.1 Å². The number of carbonyl (C=O) groups is 1. The van der Waals surface area contributed by atoms with Gasteiger partial charge in [-0.2, -0.15) is 5.10 Å². The number of rotatable bonds is 9. The fraction of sp³-hybridized carbons (Fsp3) is 0.269. The lowest BCUT2D eigenvalue weighted by Gasteiger charge is -2.13. The average molecular weight is 478 g/mol. The summed E-state index contributed by atoms with van der Waals surface area (Å²) in [4.78, 5) is 15.4. The lowest BCUT2D eigenvalue weighted by atomic mass is 10.1. The second kappa shape index (κ2) is 10.8. The van der Waals surface area contributed by atoms with Gasteiger partial charge in [-0.15, -0.1) is 0 Å². The van der Waals surface area contributed by atoms with E-state index in [-0.39, 0.29) is 5.91 Å². The lowest BCUT2D eigenvalue weighted by Crippen LogP contribution is -2.28. The van der Waals surface area contributed by atoms with Crippen LogP contribution in [0, 0.1) is 0 Å². The first-order valence-electron chi connectivity index (χ1n) is 11.2. The van der Waals surface area contributed by atoms with Crippen LogP contribution in [-0.2, 0) is 4.79 Å². The Bertz CT molecular complexity index is 1170. The van der Waals surface area contributed by atoms with Crippen molar-refractivity contribution in [2.24, 2.45) is 0 Å². The molecule has 3 aromatic rings. The number of hydrogen-bond acceptors (Lipinski definition) is 5. The number of aromatic nitrogens is 2. The Morgan fingerprint density at radius 3 is 2.67 bits per heavy atom. The molecule has 5 nitrogen and oxygen atoms in total. The summed E-state index contributed by atoms with van der Waals surface area (Å²) < 4.78 is 8.16. The highest BCUT2D eigenvalue weighted by atomic mass is 32.2. The zero-order valence-electron chi connectivity index (χ0n) is 18.9. The first-order valence-corrected chi connectivity index (χ1v) is 12.5. The van der Waals surface area contributed by atoms with Gasteiger partial charge in [0.1, 0.15) is 15.8 Å². The minimum Gasteiger partial charge on any atom is -0.494 e. The Hall–Kier alpha value is -2.90. The summed E-state index contributed by atoms with van der Waals surface area (Å²) in [5.74, 6) is 0.764. The molecule has 0 atom stereocenters. The molecule has 1 fully saturated rings. The number of unbranched alkanes of at least 4 members (excludes halogenated alkanes) is 2. The molecule has 4 rings (SSSR count). The molecule has 0 radical (unpaired) electrons. The van der Waals surface area contributed by atoms with Crippen LogP contribution >= 0.6 is 24.0 Å². The Labute approximate surface area is 204 Å². The summed E-state index contributed by atoms with van der Waals surface area (Å²) >= 11 is 6.87. The Morgan fingerprint density at radius 2 is 1.91 bits per heavy atom. The van der Waals surface area contributed by atoms with Crippen LogP contribution in [0.15, 0.2) is 65.7 Å². The summed E-state index contributed by atoms with van der Waals surface area (Å²) in [5.41, 5.74) is 3.53. The third-order valence-electron chi connectivity index (χ3n) is 5.33. The van der Waals surface area contributed by atoms with E-state index < -0.39 is 0 Å². The lowest BCUT2D eigenvalue weighted by molar-refractivity contribution is -0.122. The highest BCUT2D eigenvalue weighted by molar-refractivity contribution is 8.26. The predicted molar refractivity (Wildman–Crippen MR) is 140 cm³/mol. The minimum atomic E-state index is -0.0254. The van der Waals surface area contributed by atoms with Gasteiger partial charge in [0.25, 0.3) is 5.91 Å². The second-order valence-corrected chi connectivity index (χ2v) is 9.39. The van der Waals surface area contributed by atoms with Crippen LogP contribution in [0.1, 0.15) is 38.7 Å². The van der Waals surface area contributed by atoms with Gasteiger partial charge >= 0.3 is 0 Å². The molecule has 1 aliphatic heterocycles.